The maximum absolute atomic E-state index is 14.1. The van der Waals surface area contributed by atoms with Crippen LogP contribution in [-0.2, 0) is 9.53 Å². The van der Waals surface area contributed by atoms with Gasteiger partial charge in [-0.05, 0) is 126 Å². The monoisotopic (exact) mass is 612 g/mol. The van der Waals surface area contributed by atoms with Gasteiger partial charge in [-0.3, -0.25) is 4.79 Å². The molecule has 6 heteroatoms. The Morgan fingerprint density at radius 2 is 1.57 bits per heavy atom. The molecule has 1 saturated heterocycles. The van der Waals surface area contributed by atoms with Crippen molar-refractivity contribution in [2.24, 2.45) is 56.2 Å². The number of rotatable bonds is 2. The fourth-order valence-corrected chi connectivity index (χ4v) is 13.0. The largest absolute Gasteiger partial charge is 0.573 e. The van der Waals surface area contributed by atoms with E-state index in [0.717, 1.165) is 25.9 Å². The molecule has 242 valence electrons. The first-order valence-electron chi connectivity index (χ1n) is 17.1. The number of alkyl halides is 3. The topological polar surface area (TPSA) is 35.5 Å². The van der Waals surface area contributed by atoms with Crippen LogP contribution in [0.25, 0.3) is 6.08 Å². The Bertz CT molecular complexity index is 1390. The third-order valence-corrected chi connectivity index (χ3v) is 15.2. The molecule has 6 aliphatic rings. The van der Waals surface area contributed by atoms with Crippen molar-refractivity contribution < 1.29 is 27.4 Å². The van der Waals surface area contributed by atoms with Gasteiger partial charge in [-0.25, -0.2) is 0 Å². The third kappa shape index (κ3) is 4.06. The highest BCUT2D eigenvalue weighted by Crippen LogP contribution is 2.78. The molecule has 0 amide bonds. The molecule has 1 heterocycles. The highest BCUT2D eigenvalue weighted by Gasteiger charge is 2.73. The number of benzene rings is 1. The summed E-state index contributed by atoms with van der Waals surface area (Å²) in [4.78, 5) is 14.1. The van der Waals surface area contributed by atoms with E-state index in [2.05, 4.69) is 53.2 Å². The summed E-state index contributed by atoms with van der Waals surface area (Å²) in [5, 5.41) is 0. The number of fused-ring (bicyclic) bond motifs is 5. The van der Waals surface area contributed by atoms with Crippen molar-refractivity contribution in [2.45, 2.75) is 119 Å². The van der Waals surface area contributed by atoms with Crippen LogP contribution in [0.3, 0.4) is 0 Å². The molecule has 1 aromatic carbocycles. The average Bonchev–Trinajstić information content (AvgIpc) is 3.26. The van der Waals surface area contributed by atoms with E-state index in [1.165, 1.54) is 44.2 Å². The lowest BCUT2D eigenvalue weighted by Gasteiger charge is -2.73. The second-order valence-corrected chi connectivity index (χ2v) is 17.8. The fourth-order valence-electron chi connectivity index (χ4n) is 13.0. The molecule has 1 aliphatic heterocycles. The molecule has 5 aliphatic carbocycles. The molecule has 2 bridgehead atoms. The van der Waals surface area contributed by atoms with E-state index in [-0.39, 0.29) is 39.1 Å². The van der Waals surface area contributed by atoms with Gasteiger partial charge in [0.05, 0.1) is 12.7 Å². The van der Waals surface area contributed by atoms with E-state index in [0.29, 0.717) is 46.8 Å². The van der Waals surface area contributed by atoms with E-state index in [9.17, 15) is 18.0 Å². The molecule has 0 spiro atoms. The number of hydrogen-bond donors (Lipinski definition) is 0. The average molecular weight is 613 g/mol. The summed E-state index contributed by atoms with van der Waals surface area (Å²) in [6.45, 7) is 17.6. The highest BCUT2D eigenvalue weighted by atomic mass is 19.4. The van der Waals surface area contributed by atoms with E-state index < -0.39 is 11.8 Å². The maximum Gasteiger partial charge on any atom is 0.573 e. The molecule has 4 unspecified atom stereocenters. The molecule has 0 radical (unpaired) electrons. The first-order valence-corrected chi connectivity index (χ1v) is 17.1. The molecule has 3 nitrogen and oxygen atoms in total. The molecule has 7 rings (SSSR count). The first-order chi connectivity index (χ1) is 20.4. The molecule has 5 saturated carbocycles. The van der Waals surface area contributed by atoms with E-state index in [1.807, 2.05) is 0 Å². The van der Waals surface area contributed by atoms with Gasteiger partial charge in [0.25, 0.3) is 0 Å². The summed E-state index contributed by atoms with van der Waals surface area (Å²) >= 11 is 0. The predicted molar refractivity (Wildman–Crippen MR) is 166 cm³/mol. The summed E-state index contributed by atoms with van der Waals surface area (Å²) in [5.41, 5.74) is 1.12. The van der Waals surface area contributed by atoms with Crippen molar-refractivity contribution >= 4 is 11.9 Å². The quantitative estimate of drug-likeness (QED) is 0.312. The Morgan fingerprint density at radius 1 is 0.864 bits per heavy atom. The summed E-state index contributed by atoms with van der Waals surface area (Å²) < 4.78 is 50.9. The molecule has 0 N–H and O–H groups in total. The Morgan fingerprint density at radius 3 is 2.30 bits per heavy atom. The van der Waals surface area contributed by atoms with Crippen molar-refractivity contribution in [2.75, 3.05) is 6.61 Å². The number of para-hydroxylation sites is 1. The van der Waals surface area contributed by atoms with E-state index >= 15 is 0 Å². The van der Waals surface area contributed by atoms with Crippen molar-refractivity contribution in [3.8, 4) is 5.75 Å². The lowest BCUT2D eigenvalue weighted by Crippen LogP contribution is -2.67. The molecule has 9 atom stereocenters. The van der Waals surface area contributed by atoms with Gasteiger partial charge >= 0.3 is 6.36 Å². The van der Waals surface area contributed by atoms with Gasteiger partial charge in [-0.2, -0.15) is 0 Å². The zero-order chi connectivity index (χ0) is 31.7. The minimum absolute atomic E-state index is 0.0723. The van der Waals surface area contributed by atoms with Crippen LogP contribution in [0.5, 0.6) is 5.75 Å². The predicted octanol–water partition coefficient (Wildman–Crippen LogP) is 10.0. The number of allylic oxidation sites excluding steroid dienone is 1. The summed E-state index contributed by atoms with van der Waals surface area (Å²) in [7, 11) is 0. The van der Waals surface area contributed by atoms with Gasteiger partial charge in [0.15, 0.2) is 5.78 Å². The SMILES string of the molecule is CC1(C)C(=O)/C(=C/c2ccccc2OC(F)(F)F)C[C@@]2(C)C1CC[C@]1(C)C2CCC2C3[C@@H]4OC[C@@]3(CCC4(C)C)CC[C@]21C. The number of halogens is 3. The number of carbonyl (C=O) groups is 1. The van der Waals surface area contributed by atoms with Crippen molar-refractivity contribution in [1.82, 2.24) is 0 Å². The standard InChI is InChI=1S/C38H51F3O3/c1-32(2)16-18-37-19-17-35(6)25(29(37)31(32)43-22-37)12-13-28-34(5)21-24(20-23-10-8-9-11-26(23)44-38(39,40)41)30(42)33(3,4)27(34)14-15-36(28,35)7/h8-11,20,25,27-29,31H,12-19,21-22H2,1-7H3/b24-20+/t25?,27?,28?,29?,31-,34-,35+,36+,37+/m0/s1. The number of carbonyl (C=O) groups excluding carboxylic acids is 1. The summed E-state index contributed by atoms with van der Waals surface area (Å²) in [5.74, 6) is 1.76. The fraction of sp³-hybridized carbons (Fsp3) is 0.763. The molecular formula is C38H51F3O3. The number of Topliss-reactive ketones (excluding diaryl/α,β-unsaturated/α-hetero) is 1. The summed E-state index contributed by atoms with van der Waals surface area (Å²) in [6, 6.07) is 6.21. The molecular weight excluding hydrogens is 561 g/mol. The minimum Gasteiger partial charge on any atom is -0.405 e. The van der Waals surface area contributed by atoms with Crippen LogP contribution in [0.1, 0.15) is 112 Å². The van der Waals surface area contributed by atoms with Crippen LogP contribution in [-0.4, -0.2) is 24.9 Å². The van der Waals surface area contributed by atoms with Crippen molar-refractivity contribution in [3.63, 3.8) is 0 Å². The van der Waals surface area contributed by atoms with Crippen molar-refractivity contribution in [1.29, 1.82) is 0 Å². The highest BCUT2D eigenvalue weighted by molar-refractivity contribution is 6.04. The van der Waals surface area contributed by atoms with Gasteiger partial charge in [-0.15, -0.1) is 13.2 Å². The third-order valence-electron chi connectivity index (χ3n) is 15.2. The molecule has 6 fully saturated rings. The Labute approximate surface area is 261 Å². The van der Waals surface area contributed by atoms with Gasteiger partial charge < -0.3 is 9.47 Å². The van der Waals surface area contributed by atoms with E-state index in [1.54, 1.807) is 18.2 Å². The zero-order valence-corrected chi connectivity index (χ0v) is 27.7. The van der Waals surface area contributed by atoms with Crippen molar-refractivity contribution in [3.05, 3.63) is 35.4 Å². The number of ketones is 1. The molecule has 0 aromatic heterocycles. The Kier molecular flexibility index (Phi) is 6.57. The Balaban J connectivity index is 1.27. The maximum atomic E-state index is 14.1. The van der Waals surface area contributed by atoms with Crippen LogP contribution in [0.4, 0.5) is 13.2 Å². The molecule has 44 heavy (non-hydrogen) atoms. The molecule has 1 aromatic rings. The lowest BCUT2D eigenvalue weighted by atomic mass is 9.31. The summed E-state index contributed by atoms with van der Waals surface area (Å²) in [6.07, 6.45) is 7.41. The zero-order valence-electron chi connectivity index (χ0n) is 27.7. The van der Waals surface area contributed by atoms with Gasteiger partial charge in [0.1, 0.15) is 5.75 Å². The van der Waals surface area contributed by atoms with Crippen LogP contribution < -0.4 is 4.74 Å². The lowest BCUT2D eigenvalue weighted by molar-refractivity contribution is -0.274. The van der Waals surface area contributed by atoms with E-state index in [4.69, 9.17) is 4.74 Å². The second-order valence-electron chi connectivity index (χ2n) is 17.8. The normalized spacial score (nSPS) is 46.5. The Hall–Kier alpha value is -1.82. The minimum atomic E-state index is -4.79. The van der Waals surface area contributed by atoms with Gasteiger partial charge in [0.2, 0.25) is 0 Å². The first kappa shape index (κ1) is 30.8. The number of ether oxygens (including phenoxy) is 2. The van der Waals surface area contributed by atoms with Gasteiger partial charge in [-0.1, -0.05) is 66.7 Å². The second kappa shape index (κ2) is 9.38. The smallest absolute Gasteiger partial charge is 0.405 e. The van der Waals surface area contributed by atoms with Gasteiger partial charge in [0, 0.05) is 11.0 Å². The van der Waals surface area contributed by atoms with Crippen LogP contribution in [0.2, 0.25) is 0 Å². The van der Waals surface area contributed by atoms with Crippen LogP contribution >= 0.6 is 0 Å². The number of hydrogen-bond acceptors (Lipinski definition) is 3. The van der Waals surface area contributed by atoms with Crippen LogP contribution in [0.15, 0.2) is 29.8 Å². The van der Waals surface area contributed by atoms with Crippen LogP contribution in [0, 0.1) is 56.2 Å².